The van der Waals surface area contributed by atoms with Crippen molar-refractivity contribution in [2.24, 2.45) is 0 Å². The molecule has 3 unspecified atom stereocenters. The van der Waals surface area contributed by atoms with Crippen LogP contribution in [0.15, 0.2) is 18.2 Å². The summed E-state index contributed by atoms with van der Waals surface area (Å²) >= 11 is 0. The molecule has 2 N–H and O–H groups in total. The lowest BCUT2D eigenvalue weighted by molar-refractivity contribution is 0.00681. The quantitative estimate of drug-likeness (QED) is 0.891. The molecule has 0 aliphatic heterocycles. The first-order valence-corrected chi connectivity index (χ1v) is 7.93. The van der Waals surface area contributed by atoms with Crippen molar-refractivity contribution in [2.75, 3.05) is 7.05 Å². The third-order valence-corrected chi connectivity index (χ3v) is 4.73. The Morgan fingerprint density at radius 2 is 2.00 bits per heavy atom. The number of fused-ring (bicyclic) bond motifs is 1. The van der Waals surface area contributed by atoms with Gasteiger partial charge >= 0.3 is 0 Å². The first kappa shape index (κ1) is 13.9. The average molecular weight is 275 g/mol. The lowest BCUT2D eigenvalue weighted by Crippen LogP contribution is -2.34. The number of aliphatic hydroxyl groups excluding tert-OH is 1. The topological polar surface area (TPSA) is 41.5 Å². The molecule has 0 aromatic heterocycles. The van der Waals surface area contributed by atoms with E-state index in [-0.39, 0.29) is 12.2 Å². The van der Waals surface area contributed by atoms with E-state index in [9.17, 15) is 5.11 Å². The number of aliphatic hydroxyl groups is 1. The van der Waals surface area contributed by atoms with E-state index < -0.39 is 0 Å². The highest BCUT2D eigenvalue weighted by molar-refractivity contribution is 5.39. The second kappa shape index (κ2) is 6.15. The summed E-state index contributed by atoms with van der Waals surface area (Å²) < 4.78 is 6.03. The van der Waals surface area contributed by atoms with Gasteiger partial charge in [-0.15, -0.1) is 0 Å². The molecule has 0 spiro atoms. The van der Waals surface area contributed by atoms with Crippen molar-refractivity contribution in [2.45, 2.75) is 63.2 Å². The van der Waals surface area contributed by atoms with Crippen LogP contribution >= 0.6 is 0 Å². The van der Waals surface area contributed by atoms with Crippen molar-refractivity contribution < 1.29 is 9.84 Å². The van der Waals surface area contributed by atoms with E-state index in [1.165, 1.54) is 24.0 Å². The summed E-state index contributed by atoms with van der Waals surface area (Å²) in [5.41, 5.74) is 2.81. The van der Waals surface area contributed by atoms with E-state index in [2.05, 4.69) is 23.5 Å². The fourth-order valence-electron chi connectivity index (χ4n) is 3.55. The molecule has 2 aliphatic rings. The van der Waals surface area contributed by atoms with Gasteiger partial charge in [-0.2, -0.15) is 0 Å². The van der Waals surface area contributed by atoms with E-state index in [1.807, 2.05) is 7.05 Å². The summed E-state index contributed by atoms with van der Waals surface area (Å²) in [6, 6.07) is 6.92. The lowest BCUT2D eigenvalue weighted by atomic mass is 9.87. The molecule has 3 atom stereocenters. The minimum atomic E-state index is -0.301. The highest BCUT2D eigenvalue weighted by atomic mass is 16.5. The molecule has 2 aliphatic carbocycles. The van der Waals surface area contributed by atoms with Gasteiger partial charge in [0.2, 0.25) is 0 Å². The van der Waals surface area contributed by atoms with Gasteiger partial charge < -0.3 is 15.2 Å². The highest BCUT2D eigenvalue weighted by Crippen LogP contribution is 2.33. The monoisotopic (exact) mass is 275 g/mol. The Kier molecular flexibility index (Phi) is 4.27. The number of hydrogen-bond donors (Lipinski definition) is 2. The largest absolute Gasteiger partial charge is 0.488 e. The van der Waals surface area contributed by atoms with Gasteiger partial charge in [0.05, 0.1) is 6.10 Å². The molecule has 1 aromatic carbocycles. The van der Waals surface area contributed by atoms with Crippen LogP contribution in [-0.4, -0.2) is 24.4 Å². The number of ether oxygens (including phenoxy) is 1. The molecule has 0 bridgehead atoms. The van der Waals surface area contributed by atoms with Crippen molar-refractivity contribution >= 4 is 0 Å². The highest BCUT2D eigenvalue weighted by Gasteiger charge is 2.25. The predicted molar refractivity (Wildman–Crippen MR) is 80.1 cm³/mol. The van der Waals surface area contributed by atoms with Crippen LogP contribution in [0, 0.1) is 0 Å². The molecule has 3 heteroatoms. The molecule has 3 nitrogen and oxygen atoms in total. The molecule has 110 valence electrons. The second-order valence-electron chi connectivity index (χ2n) is 6.10. The summed E-state index contributed by atoms with van der Waals surface area (Å²) in [6.45, 7) is 0. The van der Waals surface area contributed by atoms with Gasteiger partial charge in [0.25, 0.3) is 0 Å². The molecule has 0 amide bonds. The van der Waals surface area contributed by atoms with Crippen LogP contribution < -0.4 is 10.1 Å². The average Bonchev–Trinajstić information content (AvgIpc) is 2.49. The van der Waals surface area contributed by atoms with E-state index in [0.29, 0.717) is 6.04 Å². The molecular weight excluding hydrogens is 250 g/mol. The summed E-state index contributed by atoms with van der Waals surface area (Å²) in [4.78, 5) is 0. The number of rotatable bonds is 3. The Morgan fingerprint density at radius 1 is 1.15 bits per heavy atom. The van der Waals surface area contributed by atoms with Gasteiger partial charge in [-0.3, -0.25) is 0 Å². The molecule has 0 radical (unpaired) electrons. The van der Waals surface area contributed by atoms with Crippen molar-refractivity contribution in [1.82, 2.24) is 5.32 Å². The summed E-state index contributed by atoms with van der Waals surface area (Å²) in [7, 11) is 2.03. The Balaban J connectivity index is 1.75. The van der Waals surface area contributed by atoms with Gasteiger partial charge in [0, 0.05) is 6.04 Å². The molecule has 0 saturated heterocycles. The summed E-state index contributed by atoms with van der Waals surface area (Å²) in [6.07, 6.45) is 7.38. The molecule has 0 heterocycles. The normalized spacial score (nSPS) is 29.8. The first-order chi connectivity index (χ1) is 9.78. The van der Waals surface area contributed by atoms with Gasteiger partial charge in [-0.1, -0.05) is 12.5 Å². The van der Waals surface area contributed by atoms with Crippen molar-refractivity contribution in [1.29, 1.82) is 0 Å². The van der Waals surface area contributed by atoms with Crippen LogP contribution in [0.5, 0.6) is 5.75 Å². The standard InChI is InChI=1S/C17H25NO2/c1-18-15-6-4-5-12-11-13(9-10-14(12)15)20-17-8-3-2-7-16(17)19/h9-11,15-19H,2-8H2,1H3. The molecule has 3 rings (SSSR count). The number of hydrogen-bond acceptors (Lipinski definition) is 3. The first-order valence-electron chi connectivity index (χ1n) is 7.93. The number of nitrogens with one attached hydrogen (secondary N) is 1. The fourth-order valence-corrected chi connectivity index (χ4v) is 3.55. The predicted octanol–water partition coefficient (Wildman–Crippen LogP) is 2.97. The lowest BCUT2D eigenvalue weighted by Gasteiger charge is -2.30. The summed E-state index contributed by atoms with van der Waals surface area (Å²) in [5.74, 6) is 0.923. The Hall–Kier alpha value is -1.06. The SMILES string of the molecule is CNC1CCCc2cc(OC3CCCCC3O)ccc21. The fraction of sp³-hybridized carbons (Fsp3) is 0.647. The maximum absolute atomic E-state index is 10.0. The van der Waals surface area contributed by atoms with Gasteiger partial charge in [-0.25, -0.2) is 0 Å². The summed E-state index contributed by atoms with van der Waals surface area (Å²) in [5, 5.41) is 13.4. The van der Waals surface area contributed by atoms with Crippen LogP contribution in [-0.2, 0) is 6.42 Å². The van der Waals surface area contributed by atoms with Crippen LogP contribution in [0.25, 0.3) is 0 Å². The number of aryl methyl sites for hydroxylation is 1. The minimum Gasteiger partial charge on any atom is -0.488 e. The molecule has 1 saturated carbocycles. The van der Waals surface area contributed by atoms with Crippen LogP contribution in [0.4, 0.5) is 0 Å². The molecular formula is C17H25NO2. The third kappa shape index (κ3) is 2.84. The number of benzene rings is 1. The van der Waals surface area contributed by atoms with Gasteiger partial charge in [-0.05, 0) is 68.8 Å². The molecule has 1 fully saturated rings. The Morgan fingerprint density at radius 3 is 2.80 bits per heavy atom. The van der Waals surface area contributed by atoms with E-state index in [0.717, 1.165) is 37.9 Å². The van der Waals surface area contributed by atoms with Crippen molar-refractivity contribution in [3.63, 3.8) is 0 Å². The smallest absolute Gasteiger partial charge is 0.124 e. The van der Waals surface area contributed by atoms with Crippen molar-refractivity contribution in [3.05, 3.63) is 29.3 Å². The van der Waals surface area contributed by atoms with Crippen molar-refractivity contribution in [3.8, 4) is 5.75 Å². The Labute approximate surface area is 121 Å². The van der Waals surface area contributed by atoms with E-state index >= 15 is 0 Å². The van der Waals surface area contributed by atoms with Crippen LogP contribution in [0.3, 0.4) is 0 Å². The molecule has 1 aromatic rings. The maximum Gasteiger partial charge on any atom is 0.124 e. The zero-order valence-corrected chi connectivity index (χ0v) is 12.3. The zero-order valence-electron chi connectivity index (χ0n) is 12.3. The second-order valence-corrected chi connectivity index (χ2v) is 6.10. The van der Waals surface area contributed by atoms with Crippen LogP contribution in [0.1, 0.15) is 55.7 Å². The molecule has 20 heavy (non-hydrogen) atoms. The minimum absolute atomic E-state index is 0.0227. The van der Waals surface area contributed by atoms with Crippen LogP contribution in [0.2, 0.25) is 0 Å². The zero-order chi connectivity index (χ0) is 13.9. The van der Waals surface area contributed by atoms with E-state index in [1.54, 1.807) is 0 Å². The van der Waals surface area contributed by atoms with Gasteiger partial charge in [0.1, 0.15) is 11.9 Å². The Bertz CT molecular complexity index is 460. The maximum atomic E-state index is 10.0. The van der Waals surface area contributed by atoms with E-state index in [4.69, 9.17) is 4.74 Å². The van der Waals surface area contributed by atoms with Gasteiger partial charge in [0.15, 0.2) is 0 Å². The third-order valence-electron chi connectivity index (χ3n) is 4.73.